The predicted molar refractivity (Wildman–Crippen MR) is 52.0 cm³/mol. The second kappa shape index (κ2) is 3.34. The minimum atomic E-state index is -0.460. The van der Waals surface area contributed by atoms with Crippen molar-refractivity contribution in [2.75, 3.05) is 17.4 Å². The molecule has 0 radical (unpaired) electrons. The summed E-state index contributed by atoms with van der Waals surface area (Å²) in [7, 11) is 0. The molecule has 0 fully saturated rings. The molecule has 0 spiro atoms. The maximum Gasteiger partial charge on any atom is 0.180 e. The third-order valence-corrected chi connectivity index (χ3v) is 2.09. The van der Waals surface area contributed by atoms with Crippen molar-refractivity contribution < 1.29 is 9.13 Å². The number of rotatable bonds is 1. The van der Waals surface area contributed by atoms with E-state index >= 15 is 0 Å². The lowest BCUT2D eigenvalue weighted by atomic mass is 10.2. The highest BCUT2D eigenvalue weighted by Gasteiger charge is 2.20. The monoisotopic (exact) mass is 197 g/mol. The molecule has 2 N–H and O–H groups in total. The first-order valence-electron chi connectivity index (χ1n) is 4.32. The van der Waals surface area contributed by atoms with E-state index in [1.165, 1.54) is 12.1 Å². The van der Waals surface area contributed by atoms with E-state index in [4.69, 9.17) is 4.74 Å². The predicted octanol–water partition coefficient (Wildman–Crippen LogP) is 1.93. The second-order valence-electron chi connectivity index (χ2n) is 3.26. The van der Waals surface area contributed by atoms with Crippen LogP contribution in [0.5, 0.6) is 5.75 Å². The molecule has 0 aromatic heterocycles. The maximum absolute atomic E-state index is 13.2. The molecule has 14 heavy (non-hydrogen) atoms. The van der Waals surface area contributed by atoms with E-state index in [-0.39, 0.29) is 11.8 Å². The van der Waals surface area contributed by atoms with Gasteiger partial charge in [0.25, 0.3) is 0 Å². The van der Waals surface area contributed by atoms with E-state index in [0.717, 1.165) is 0 Å². The smallest absolute Gasteiger partial charge is 0.180 e. The molecule has 0 amide bonds. The van der Waals surface area contributed by atoms with Gasteiger partial charge in [0.2, 0.25) is 0 Å². The highest BCUT2D eigenvalue weighted by molar-refractivity contribution is 5.77. The number of ether oxygens (including phenoxy) is 1. The fourth-order valence-corrected chi connectivity index (χ4v) is 1.42. The van der Waals surface area contributed by atoms with E-state index < -0.39 is 5.82 Å². The lowest BCUT2D eigenvalue weighted by Crippen LogP contribution is -2.29. The van der Waals surface area contributed by atoms with Crippen molar-refractivity contribution in [3.05, 3.63) is 23.2 Å². The van der Waals surface area contributed by atoms with Gasteiger partial charge in [-0.15, -0.1) is 0 Å². The van der Waals surface area contributed by atoms with Gasteiger partial charge in [-0.2, -0.15) is 0 Å². The molecule has 0 aliphatic carbocycles. The van der Waals surface area contributed by atoms with Crippen LogP contribution in [0.4, 0.5) is 15.8 Å². The number of nitrogens with one attached hydrogen (secondary N) is 2. The van der Waals surface area contributed by atoms with Gasteiger partial charge >= 0.3 is 0 Å². The van der Waals surface area contributed by atoms with Crippen molar-refractivity contribution in [2.45, 2.75) is 13.0 Å². The van der Waals surface area contributed by atoms with E-state index in [9.17, 15) is 9.60 Å². The third kappa shape index (κ3) is 1.35. The Kier molecular flexibility index (Phi) is 2.17. The summed E-state index contributed by atoms with van der Waals surface area (Å²) < 4.78 is 18.4. The van der Waals surface area contributed by atoms with E-state index in [1.54, 1.807) is 5.48 Å². The lowest BCUT2D eigenvalue weighted by molar-refractivity contribution is 0.278. The first kappa shape index (κ1) is 9.08. The van der Waals surface area contributed by atoms with Crippen molar-refractivity contribution in [1.29, 1.82) is 0 Å². The summed E-state index contributed by atoms with van der Waals surface area (Å²) in [4.78, 5) is 0. The zero-order valence-electron chi connectivity index (χ0n) is 7.63. The van der Waals surface area contributed by atoms with Crippen LogP contribution >= 0.6 is 0 Å². The molecule has 0 bridgehead atoms. The third-order valence-electron chi connectivity index (χ3n) is 2.09. The Morgan fingerprint density at radius 3 is 3.14 bits per heavy atom. The minimum absolute atomic E-state index is 0.0661. The number of halogens is 1. The number of hydrogen-bond donors (Lipinski definition) is 2. The molecule has 5 heteroatoms. The van der Waals surface area contributed by atoms with Crippen LogP contribution in [-0.2, 0) is 0 Å². The van der Waals surface area contributed by atoms with Crippen LogP contribution in [0.1, 0.15) is 6.92 Å². The van der Waals surface area contributed by atoms with Gasteiger partial charge in [0.15, 0.2) is 11.6 Å². The summed E-state index contributed by atoms with van der Waals surface area (Å²) >= 11 is 0. The first-order valence-corrected chi connectivity index (χ1v) is 4.32. The summed E-state index contributed by atoms with van der Waals surface area (Å²) in [5.74, 6) is -0.345. The SMILES string of the molecule is C[C@@H]1COc2c(F)ccc(N[O-])c2N1. The zero-order chi connectivity index (χ0) is 10.1. The quantitative estimate of drug-likeness (QED) is 0.675. The Morgan fingerprint density at radius 2 is 2.43 bits per heavy atom. The molecule has 0 saturated carbocycles. The van der Waals surface area contributed by atoms with Crippen LogP contribution < -0.4 is 15.5 Å². The summed E-state index contributed by atoms with van der Waals surface area (Å²) in [6.45, 7) is 2.29. The van der Waals surface area contributed by atoms with Crippen LogP contribution in [-0.4, -0.2) is 12.6 Å². The van der Waals surface area contributed by atoms with Crippen molar-refractivity contribution >= 4 is 11.4 Å². The first-order chi connectivity index (χ1) is 6.72. The summed E-state index contributed by atoms with van der Waals surface area (Å²) in [5.41, 5.74) is 2.44. The van der Waals surface area contributed by atoms with Gasteiger partial charge in [0.05, 0.1) is 11.7 Å². The molecular formula is C9H10FN2O2-. The van der Waals surface area contributed by atoms with Gasteiger partial charge in [-0.25, -0.2) is 4.39 Å². The number of benzene rings is 1. The van der Waals surface area contributed by atoms with Crippen LogP contribution in [0.3, 0.4) is 0 Å². The molecule has 76 valence electrons. The van der Waals surface area contributed by atoms with E-state index in [1.807, 2.05) is 6.92 Å². The Balaban J connectivity index is 2.49. The lowest BCUT2D eigenvalue weighted by Gasteiger charge is -2.28. The number of anilines is 2. The molecule has 1 aromatic rings. The zero-order valence-corrected chi connectivity index (χ0v) is 7.63. The van der Waals surface area contributed by atoms with Gasteiger partial charge in [0.1, 0.15) is 12.3 Å². The Hall–Kier alpha value is -1.49. The van der Waals surface area contributed by atoms with E-state index in [2.05, 4.69) is 5.32 Å². The van der Waals surface area contributed by atoms with E-state index in [0.29, 0.717) is 18.0 Å². The number of hydrogen-bond acceptors (Lipinski definition) is 4. The molecule has 0 saturated heterocycles. The fraction of sp³-hybridized carbons (Fsp3) is 0.333. The average Bonchev–Trinajstić information content (AvgIpc) is 2.18. The van der Waals surface area contributed by atoms with Gasteiger partial charge in [0, 0.05) is 0 Å². The van der Waals surface area contributed by atoms with Crippen LogP contribution in [0.25, 0.3) is 0 Å². The highest BCUT2D eigenvalue weighted by atomic mass is 19.1. The Bertz CT molecular complexity index is 357. The topological polar surface area (TPSA) is 56.3 Å². The van der Waals surface area contributed by atoms with Crippen molar-refractivity contribution in [3.63, 3.8) is 0 Å². The summed E-state index contributed by atoms with van der Waals surface area (Å²) in [6, 6.07) is 2.66. The standard InChI is InChI=1S/C9H10FN2O2/c1-5-4-14-9-6(10)2-3-7(12-13)8(9)11-5/h2-3,5,11-12H,4H2,1H3/q-1/t5-/m1/s1. The van der Waals surface area contributed by atoms with Crippen LogP contribution in [0, 0.1) is 11.0 Å². The molecule has 4 nitrogen and oxygen atoms in total. The normalized spacial score (nSPS) is 19.2. The van der Waals surface area contributed by atoms with Crippen molar-refractivity contribution in [3.8, 4) is 5.75 Å². The van der Waals surface area contributed by atoms with Crippen LogP contribution in [0.2, 0.25) is 0 Å². The van der Waals surface area contributed by atoms with Crippen LogP contribution in [0.15, 0.2) is 12.1 Å². The molecule has 1 aromatic carbocycles. The second-order valence-corrected chi connectivity index (χ2v) is 3.26. The van der Waals surface area contributed by atoms with Crippen molar-refractivity contribution in [1.82, 2.24) is 0 Å². The summed E-state index contributed by atoms with van der Waals surface area (Å²) in [5, 5.41) is 13.5. The largest absolute Gasteiger partial charge is 0.761 e. The Morgan fingerprint density at radius 1 is 1.64 bits per heavy atom. The molecular weight excluding hydrogens is 187 g/mol. The molecule has 1 aliphatic heterocycles. The molecule has 1 atom stereocenters. The fourth-order valence-electron chi connectivity index (χ4n) is 1.42. The van der Waals surface area contributed by atoms with Gasteiger partial charge in [-0.05, 0) is 19.1 Å². The average molecular weight is 197 g/mol. The molecule has 1 heterocycles. The maximum atomic E-state index is 13.2. The molecule has 0 unspecified atom stereocenters. The highest BCUT2D eigenvalue weighted by Crippen LogP contribution is 2.37. The Labute approximate surface area is 80.6 Å². The minimum Gasteiger partial charge on any atom is -0.761 e. The molecule has 1 aliphatic rings. The van der Waals surface area contributed by atoms with Gasteiger partial charge < -0.3 is 20.7 Å². The van der Waals surface area contributed by atoms with Crippen molar-refractivity contribution in [2.24, 2.45) is 0 Å². The number of fused-ring (bicyclic) bond motifs is 1. The molecule has 2 rings (SSSR count). The van der Waals surface area contributed by atoms with Gasteiger partial charge in [-0.1, -0.05) is 0 Å². The van der Waals surface area contributed by atoms with Gasteiger partial charge in [-0.3, -0.25) is 0 Å². The summed E-state index contributed by atoms with van der Waals surface area (Å²) in [6.07, 6.45) is 0.